The summed E-state index contributed by atoms with van der Waals surface area (Å²) >= 11 is 3.86. The van der Waals surface area contributed by atoms with Crippen molar-refractivity contribution in [1.82, 2.24) is 19.7 Å². The first-order chi connectivity index (χ1) is 15.6. The van der Waals surface area contributed by atoms with E-state index < -0.39 is 0 Å². The van der Waals surface area contributed by atoms with Gasteiger partial charge >= 0.3 is 0 Å². The molecule has 1 amide bonds. The fraction of sp³-hybridized carbons (Fsp3) is 0.190. The quantitative estimate of drug-likeness (QED) is 0.217. The maximum Gasteiger partial charge on any atom is 0.263 e. The van der Waals surface area contributed by atoms with E-state index in [1.165, 1.54) is 34.4 Å². The zero-order valence-corrected chi connectivity index (χ0v) is 19.6. The van der Waals surface area contributed by atoms with E-state index in [4.69, 9.17) is 4.74 Å². The second-order valence-electron chi connectivity index (χ2n) is 6.57. The molecule has 0 spiro atoms. The predicted molar refractivity (Wildman–Crippen MR) is 129 cm³/mol. The number of amides is 1. The first-order valence-electron chi connectivity index (χ1n) is 9.53. The molecule has 3 heterocycles. The van der Waals surface area contributed by atoms with Gasteiger partial charge in [0.1, 0.15) is 16.4 Å². The van der Waals surface area contributed by atoms with Gasteiger partial charge in [0.15, 0.2) is 5.16 Å². The zero-order valence-electron chi connectivity index (χ0n) is 17.1. The second kappa shape index (κ2) is 10.2. The first-order valence-corrected chi connectivity index (χ1v) is 12.2. The number of carbonyl (C=O) groups excluding carboxylic acids is 1. The molecule has 8 nitrogen and oxygen atoms in total. The SMILES string of the molecule is C=CCn1c(SCC(=O)Nc2nnc(COC)s2)nc2scc(-c3ccccc3)c2c1=O. The molecule has 0 saturated carbocycles. The van der Waals surface area contributed by atoms with Crippen LogP contribution >= 0.6 is 34.4 Å². The molecule has 0 saturated heterocycles. The Bertz CT molecular complexity index is 1310. The van der Waals surface area contributed by atoms with Crippen LogP contribution < -0.4 is 10.9 Å². The molecule has 1 aromatic carbocycles. The number of allylic oxidation sites excluding steroid dienone is 1. The molecule has 0 bridgehead atoms. The first kappa shape index (κ1) is 22.3. The fourth-order valence-corrected chi connectivity index (χ4v) is 5.53. The summed E-state index contributed by atoms with van der Waals surface area (Å²) in [5.74, 6) is -0.184. The number of thiophene rings is 1. The standard InChI is InChI=1S/C21H19N5O3S3/c1-3-9-26-19(28)17-14(13-7-5-4-6-8-13)11-30-18(17)23-21(26)31-12-15(27)22-20-25-24-16(32-20)10-29-2/h3-8,11H,1,9-10,12H2,2H3,(H,22,25,27). The lowest BCUT2D eigenvalue weighted by atomic mass is 10.1. The van der Waals surface area contributed by atoms with Crippen LogP contribution in [0.5, 0.6) is 0 Å². The van der Waals surface area contributed by atoms with Crippen molar-refractivity contribution < 1.29 is 9.53 Å². The molecular weight excluding hydrogens is 466 g/mol. The molecule has 0 radical (unpaired) electrons. The number of rotatable bonds is 9. The average molecular weight is 486 g/mol. The van der Waals surface area contributed by atoms with E-state index in [-0.39, 0.29) is 17.2 Å². The maximum absolute atomic E-state index is 13.3. The summed E-state index contributed by atoms with van der Waals surface area (Å²) < 4.78 is 6.56. The highest BCUT2D eigenvalue weighted by Gasteiger charge is 2.18. The summed E-state index contributed by atoms with van der Waals surface area (Å²) in [4.78, 5) is 31.1. The zero-order chi connectivity index (χ0) is 22.5. The van der Waals surface area contributed by atoms with E-state index in [9.17, 15) is 9.59 Å². The average Bonchev–Trinajstić information content (AvgIpc) is 3.42. The van der Waals surface area contributed by atoms with E-state index >= 15 is 0 Å². The number of anilines is 1. The van der Waals surface area contributed by atoms with Crippen LogP contribution in [-0.2, 0) is 22.7 Å². The summed E-state index contributed by atoms with van der Waals surface area (Å²) in [6, 6.07) is 9.75. The van der Waals surface area contributed by atoms with Crippen LogP contribution in [0.2, 0.25) is 0 Å². The molecule has 32 heavy (non-hydrogen) atoms. The van der Waals surface area contributed by atoms with Gasteiger partial charge in [-0.2, -0.15) is 0 Å². The van der Waals surface area contributed by atoms with Gasteiger partial charge in [-0.15, -0.1) is 28.1 Å². The van der Waals surface area contributed by atoms with Crippen molar-refractivity contribution in [2.75, 3.05) is 18.2 Å². The van der Waals surface area contributed by atoms with Gasteiger partial charge in [-0.25, -0.2) is 4.98 Å². The van der Waals surface area contributed by atoms with E-state index in [1.54, 1.807) is 17.8 Å². The molecule has 0 fully saturated rings. The van der Waals surface area contributed by atoms with E-state index in [1.807, 2.05) is 35.7 Å². The van der Waals surface area contributed by atoms with Crippen molar-refractivity contribution in [1.29, 1.82) is 0 Å². The van der Waals surface area contributed by atoms with Gasteiger partial charge in [0.2, 0.25) is 11.0 Å². The van der Waals surface area contributed by atoms with Gasteiger partial charge < -0.3 is 4.74 Å². The van der Waals surface area contributed by atoms with Crippen molar-refractivity contribution in [3.8, 4) is 11.1 Å². The minimum Gasteiger partial charge on any atom is -0.377 e. The molecule has 0 aliphatic carbocycles. The van der Waals surface area contributed by atoms with Crippen molar-refractivity contribution in [3.05, 3.63) is 63.7 Å². The number of fused-ring (bicyclic) bond motifs is 1. The number of thioether (sulfide) groups is 1. The summed E-state index contributed by atoms with van der Waals surface area (Å²) in [5, 5.41) is 14.7. The minimum absolute atomic E-state index is 0.0746. The smallest absolute Gasteiger partial charge is 0.263 e. The van der Waals surface area contributed by atoms with Crippen LogP contribution in [0.4, 0.5) is 5.13 Å². The van der Waals surface area contributed by atoms with E-state index in [0.717, 1.165) is 11.1 Å². The molecule has 4 aromatic rings. The Kier molecular flexibility index (Phi) is 7.10. The fourth-order valence-electron chi connectivity index (χ4n) is 3.01. The molecule has 0 aliphatic heterocycles. The van der Waals surface area contributed by atoms with Gasteiger partial charge in [0.05, 0.1) is 11.1 Å². The molecule has 4 rings (SSSR count). The van der Waals surface area contributed by atoms with Crippen molar-refractivity contribution >= 4 is 55.7 Å². The highest BCUT2D eigenvalue weighted by Crippen LogP contribution is 2.32. The molecule has 164 valence electrons. The lowest BCUT2D eigenvalue weighted by Gasteiger charge is -2.10. The highest BCUT2D eigenvalue weighted by atomic mass is 32.2. The Morgan fingerprint density at radius 2 is 2.12 bits per heavy atom. The summed E-state index contributed by atoms with van der Waals surface area (Å²) in [6.07, 6.45) is 1.65. The van der Waals surface area contributed by atoms with Crippen molar-refractivity contribution in [2.24, 2.45) is 0 Å². The monoisotopic (exact) mass is 485 g/mol. The Morgan fingerprint density at radius 3 is 2.88 bits per heavy atom. The van der Waals surface area contributed by atoms with Crippen LogP contribution in [0.15, 0.2) is 58.3 Å². The number of carbonyl (C=O) groups is 1. The van der Waals surface area contributed by atoms with Crippen molar-refractivity contribution in [3.63, 3.8) is 0 Å². The van der Waals surface area contributed by atoms with Crippen molar-refractivity contribution in [2.45, 2.75) is 18.3 Å². The number of hydrogen-bond acceptors (Lipinski definition) is 9. The Hall–Kier alpha value is -2.86. The Labute approximate surface area is 196 Å². The van der Waals surface area contributed by atoms with Crippen LogP contribution in [0.25, 0.3) is 21.3 Å². The van der Waals surface area contributed by atoms with Gasteiger partial charge in [0.25, 0.3) is 5.56 Å². The van der Waals surface area contributed by atoms with Gasteiger partial charge in [0, 0.05) is 24.6 Å². The molecular formula is C21H19N5O3S3. The van der Waals surface area contributed by atoms with Crippen LogP contribution in [0.3, 0.4) is 0 Å². The highest BCUT2D eigenvalue weighted by molar-refractivity contribution is 7.99. The number of aromatic nitrogens is 4. The number of ether oxygens (including phenoxy) is 1. The normalized spacial score (nSPS) is 11.0. The number of hydrogen-bond donors (Lipinski definition) is 1. The largest absolute Gasteiger partial charge is 0.377 e. The third-order valence-corrected chi connectivity index (χ3v) is 7.03. The number of nitrogens with one attached hydrogen (secondary N) is 1. The third-order valence-electron chi connectivity index (χ3n) is 4.37. The Morgan fingerprint density at radius 1 is 1.31 bits per heavy atom. The number of methoxy groups -OCH3 is 1. The van der Waals surface area contributed by atoms with E-state index in [0.29, 0.717) is 38.7 Å². The maximum atomic E-state index is 13.3. The molecule has 0 atom stereocenters. The predicted octanol–water partition coefficient (Wildman–Crippen LogP) is 4.04. The third kappa shape index (κ3) is 4.80. The number of nitrogens with zero attached hydrogens (tertiary/aromatic N) is 4. The van der Waals surface area contributed by atoms with Gasteiger partial charge in [-0.05, 0) is 5.56 Å². The molecule has 0 aliphatic rings. The summed E-state index contributed by atoms with van der Waals surface area (Å²) in [6.45, 7) is 4.39. The van der Waals surface area contributed by atoms with Crippen LogP contribution in [0.1, 0.15) is 5.01 Å². The van der Waals surface area contributed by atoms with Gasteiger partial charge in [-0.1, -0.05) is 59.5 Å². The lowest BCUT2D eigenvalue weighted by molar-refractivity contribution is -0.113. The van der Waals surface area contributed by atoms with Crippen LogP contribution in [0, 0.1) is 0 Å². The molecule has 11 heteroatoms. The lowest BCUT2D eigenvalue weighted by Crippen LogP contribution is -2.23. The molecule has 0 unspecified atom stereocenters. The molecule has 3 aromatic heterocycles. The number of benzene rings is 1. The Balaban J connectivity index is 1.58. The summed E-state index contributed by atoms with van der Waals surface area (Å²) in [7, 11) is 1.57. The van der Waals surface area contributed by atoms with E-state index in [2.05, 4.69) is 27.1 Å². The van der Waals surface area contributed by atoms with Gasteiger partial charge in [-0.3, -0.25) is 19.5 Å². The minimum atomic E-state index is -0.259. The van der Waals surface area contributed by atoms with Crippen LogP contribution in [-0.4, -0.2) is 38.5 Å². The second-order valence-corrected chi connectivity index (χ2v) is 9.43. The topological polar surface area (TPSA) is 99.0 Å². The molecule has 1 N–H and O–H groups in total. The summed E-state index contributed by atoms with van der Waals surface area (Å²) in [5.41, 5.74) is 1.68.